The Morgan fingerprint density at radius 2 is 2.13 bits per heavy atom. The van der Waals surface area contributed by atoms with Crippen molar-refractivity contribution < 1.29 is 19.4 Å². The second-order valence-corrected chi connectivity index (χ2v) is 4.45. The molecule has 0 saturated carbocycles. The Labute approximate surface area is 88.8 Å². The number of amides is 1. The minimum Gasteiger partial charge on any atom is -0.481 e. The van der Waals surface area contributed by atoms with Gasteiger partial charge in [0, 0.05) is 5.92 Å². The molecule has 2 N–H and O–H groups in total. The van der Waals surface area contributed by atoms with Crippen molar-refractivity contribution in [3.63, 3.8) is 0 Å². The number of hydrogen-bond acceptors (Lipinski definition) is 3. The second kappa shape index (κ2) is 4.18. The quantitative estimate of drug-likeness (QED) is 0.707. The normalized spacial score (nSPS) is 30.5. The zero-order chi connectivity index (χ0) is 11.6. The maximum absolute atomic E-state index is 11.4. The Morgan fingerprint density at radius 3 is 2.60 bits per heavy atom. The predicted molar refractivity (Wildman–Crippen MR) is 53.3 cm³/mol. The minimum atomic E-state index is -1.01. The third-order valence-electron chi connectivity index (χ3n) is 2.78. The topological polar surface area (TPSA) is 75.6 Å². The third kappa shape index (κ3) is 2.28. The molecule has 15 heavy (non-hydrogen) atoms. The molecule has 1 fully saturated rings. The highest BCUT2D eigenvalue weighted by Crippen LogP contribution is 2.28. The number of carboxylic acid groups (broad SMARTS) is 1. The van der Waals surface area contributed by atoms with Crippen molar-refractivity contribution in [2.75, 3.05) is 13.2 Å². The molecule has 0 aliphatic carbocycles. The Kier molecular flexibility index (Phi) is 3.34. The number of rotatable bonds is 3. The van der Waals surface area contributed by atoms with Gasteiger partial charge in [-0.1, -0.05) is 13.8 Å². The molecule has 1 rings (SSSR count). The molecule has 2 atom stereocenters. The summed E-state index contributed by atoms with van der Waals surface area (Å²) in [5.41, 5.74) is -1.01. The summed E-state index contributed by atoms with van der Waals surface area (Å²) in [5, 5.41) is 11.8. The number of carbonyl (C=O) groups is 2. The van der Waals surface area contributed by atoms with Crippen molar-refractivity contribution in [2.45, 2.75) is 26.8 Å². The molecular weight excluding hydrogens is 198 g/mol. The van der Waals surface area contributed by atoms with Crippen molar-refractivity contribution in [2.24, 2.45) is 11.3 Å². The second-order valence-electron chi connectivity index (χ2n) is 4.45. The van der Waals surface area contributed by atoms with E-state index in [1.807, 2.05) is 0 Å². The molecule has 0 radical (unpaired) electrons. The Morgan fingerprint density at radius 1 is 1.53 bits per heavy atom. The van der Waals surface area contributed by atoms with Gasteiger partial charge in [0.1, 0.15) is 5.41 Å². The van der Waals surface area contributed by atoms with E-state index in [1.54, 1.807) is 20.8 Å². The SMILES string of the molecule is CC(C)C(=O)NC1COCC1(C)C(=O)O. The fourth-order valence-corrected chi connectivity index (χ4v) is 1.42. The summed E-state index contributed by atoms with van der Waals surface area (Å²) in [6, 6.07) is -0.440. The molecule has 0 spiro atoms. The van der Waals surface area contributed by atoms with E-state index < -0.39 is 17.4 Å². The maximum Gasteiger partial charge on any atom is 0.313 e. The standard InChI is InChI=1S/C10H17NO4/c1-6(2)8(12)11-7-4-15-5-10(7,3)9(13)14/h6-7H,4-5H2,1-3H3,(H,11,12)(H,13,14). The number of nitrogens with one attached hydrogen (secondary N) is 1. The maximum atomic E-state index is 11.4. The average molecular weight is 215 g/mol. The first-order valence-electron chi connectivity index (χ1n) is 4.99. The van der Waals surface area contributed by atoms with Gasteiger partial charge in [-0.3, -0.25) is 9.59 Å². The summed E-state index contributed by atoms with van der Waals surface area (Å²) in [5.74, 6) is -1.23. The molecule has 1 aliphatic heterocycles. The van der Waals surface area contributed by atoms with Crippen LogP contribution < -0.4 is 5.32 Å². The van der Waals surface area contributed by atoms with Gasteiger partial charge in [0.15, 0.2) is 0 Å². The monoisotopic (exact) mass is 215 g/mol. The highest BCUT2D eigenvalue weighted by molar-refractivity contribution is 5.81. The van der Waals surface area contributed by atoms with Crippen LogP contribution in [0.3, 0.4) is 0 Å². The van der Waals surface area contributed by atoms with Crippen LogP contribution in [0.1, 0.15) is 20.8 Å². The molecular formula is C10H17NO4. The smallest absolute Gasteiger partial charge is 0.313 e. The molecule has 1 amide bonds. The highest BCUT2D eigenvalue weighted by atomic mass is 16.5. The van der Waals surface area contributed by atoms with E-state index in [2.05, 4.69) is 5.32 Å². The lowest BCUT2D eigenvalue weighted by Gasteiger charge is -2.26. The van der Waals surface area contributed by atoms with Crippen LogP contribution in [0.25, 0.3) is 0 Å². The van der Waals surface area contributed by atoms with E-state index >= 15 is 0 Å². The van der Waals surface area contributed by atoms with Gasteiger partial charge in [0.05, 0.1) is 19.3 Å². The largest absolute Gasteiger partial charge is 0.481 e. The molecule has 5 heteroatoms. The lowest BCUT2D eigenvalue weighted by Crippen LogP contribution is -2.50. The van der Waals surface area contributed by atoms with E-state index in [0.29, 0.717) is 0 Å². The zero-order valence-corrected chi connectivity index (χ0v) is 9.24. The average Bonchev–Trinajstić information content (AvgIpc) is 2.49. The molecule has 1 aliphatic rings. The first-order chi connectivity index (χ1) is 6.88. The Balaban J connectivity index is 2.70. The van der Waals surface area contributed by atoms with Crippen molar-refractivity contribution in [3.8, 4) is 0 Å². The van der Waals surface area contributed by atoms with Crippen LogP contribution in [0.15, 0.2) is 0 Å². The molecule has 2 unspecified atom stereocenters. The number of ether oxygens (including phenoxy) is 1. The van der Waals surface area contributed by atoms with Crippen LogP contribution in [-0.2, 0) is 14.3 Å². The number of aliphatic carboxylic acids is 1. The van der Waals surface area contributed by atoms with Gasteiger partial charge < -0.3 is 15.2 Å². The van der Waals surface area contributed by atoms with Crippen molar-refractivity contribution >= 4 is 11.9 Å². The Hall–Kier alpha value is -1.10. The Bertz CT molecular complexity index is 277. The van der Waals surface area contributed by atoms with Crippen LogP contribution in [0, 0.1) is 11.3 Å². The first kappa shape index (κ1) is 12.0. The predicted octanol–water partition coefficient (Wildman–Crippen LogP) is 0.248. The summed E-state index contributed by atoms with van der Waals surface area (Å²) >= 11 is 0. The van der Waals surface area contributed by atoms with Crippen LogP contribution in [0.4, 0.5) is 0 Å². The number of carbonyl (C=O) groups excluding carboxylic acids is 1. The van der Waals surface area contributed by atoms with E-state index in [-0.39, 0.29) is 25.0 Å². The van der Waals surface area contributed by atoms with Crippen molar-refractivity contribution in [3.05, 3.63) is 0 Å². The fourth-order valence-electron chi connectivity index (χ4n) is 1.42. The third-order valence-corrected chi connectivity index (χ3v) is 2.78. The van der Waals surface area contributed by atoms with Crippen molar-refractivity contribution in [1.29, 1.82) is 0 Å². The van der Waals surface area contributed by atoms with Gasteiger partial charge in [-0.25, -0.2) is 0 Å². The summed E-state index contributed by atoms with van der Waals surface area (Å²) in [7, 11) is 0. The number of carboxylic acids is 1. The summed E-state index contributed by atoms with van der Waals surface area (Å²) in [4.78, 5) is 22.5. The molecule has 0 aromatic rings. The van der Waals surface area contributed by atoms with Crippen LogP contribution >= 0.6 is 0 Å². The van der Waals surface area contributed by atoms with Crippen LogP contribution in [0.5, 0.6) is 0 Å². The summed E-state index contributed by atoms with van der Waals surface area (Å²) < 4.78 is 5.12. The van der Waals surface area contributed by atoms with E-state index in [1.165, 1.54) is 0 Å². The fraction of sp³-hybridized carbons (Fsp3) is 0.800. The summed E-state index contributed by atoms with van der Waals surface area (Å²) in [6.07, 6.45) is 0. The lowest BCUT2D eigenvalue weighted by atomic mass is 9.85. The first-order valence-corrected chi connectivity index (χ1v) is 4.99. The van der Waals surface area contributed by atoms with Gasteiger partial charge in [0.2, 0.25) is 5.91 Å². The zero-order valence-electron chi connectivity index (χ0n) is 9.24. The molecule has 0 aromatic carbocycles. The van der Waals surface area contributed by atoms with E-state index in [0.717, 1.165) is 0 Å². The van der Waals surface area contributed by atoms with E-state index in [9.17, 15) is 9.59 Å². The minimum absolute atomic E-state index is 0.141. The van der Waals surface area contributed by atoms with Gasteiger partial charge >= 0.3 is 5.97 Å². The van der Waals surface area contributed by atoms with Crippen LogP contribution in [0.2, 0.25) is 0 Å². The van der Waals surface area contributed by atoms with Gasteiger partial charge in [0.25, 0.3) is 0 Å². The van der Waals surface area contributed by atoms with Gasteiger partial charge in [-0.2, -0.15) is 0 Å². The highest BCUT2D eigenvalue weighted by Gasteiger charge is 2.47. The van der Waals surface area contributed by atoms with Gasteiger partial charge in [-0.05, 0) is 6.92 Å². The lowest BCUT2D eigenvalue weighted by molar-refractivity contribution is -0.149. The molecule has 86 valence electrons. The van der Waals surface area contributed by atoms with E-state index in [4.69, 9.17) is 9.84 Å². The van der Waals surface area contributed by atoms with Crippen molar-refractivity contribution in [1.82, 2.24) is 5.32 Å². The summed E-state index contributed by atoms with van der Waals surface area (Å²) in [6.45, 7) is 5.53. The molecule has 0 aromatic heterocycles. The van der Waals surface area contributed by atoms with Crippen LogP contribution in [-0.4, -0.2) is 36.2 Å². The molecule has 0 bridgehead atoms. The van der Waals surface area contributed by atoms with Gasteiger partial charge in [-0.15, -0.1) is 0 Å². The number of hydrogen-bond donors (Lipinski definition) is 2. The molecule has 5 nitrogen and oxygen atoms in total. The molecule has 1 heterocycles. The molecule has 1 saturated heterocycles.